The summed E-state index contributed by atoms with van der Waals surface area (Å²) in [6, 6.07) is 8.32. The van der Waals surface area contributed by atoms with Crippen molar-refractivity contribution in [2.75, 3.05) is 7.11 Å². The van der Waals surface area contributed by atoms with Crippen molar-refractivity contribution in [2.45, 2.75) is 53.0 Å². The van der Waals surface area contributed by atoms with E-state index in [1.807, 2.05) is 16.8 Å². The van der Waals surface area contributed by atoms with E-state index < -0.39 is 0 Å². The lowest BCUT2D eigenvalue weighted by Crippen LogP contribution is -2.15. The molecule has 1 heterocycles. The topological polar surface area (TPSA) is 38.9 Å². The molecule has 0 unspecified atom stereocenters. The zero-order chi connectivity index (χ0) is 17.5. The number of ether oxygens (including phenoxy) is 1. The molecule has 0 aliphatic heterocycles. The lowest BCUT2D eigenvalue weighted by Gasteiger charge is -2.07. The van der Waals surface area contributed by atoms with Crippen LogP contribution in [-0.4, -0.2) is 23.5 Å². The molecule has 0 fully saturated rings. The monoisotopic (exact) mass is 345 g/mol. The molecular formula is C19H27N3OS. The number of thiazole rings is 1. The molecule has 4 nitrogen and oxygen atoms in total. The van der Waals surface area contributed by atoms with Gasteiger partial charge in [-0.3, -0.25) is 4.99 Å². The van der Waals surface area contributed by atoms with Crippen molar-refractivity contribution >= 4 is 17.0 Å². The quantitative estimate of drug-likeness (QED) is 0.654. The molecule has 2 rings (SSSR count). The summed E-state index contributed by atoms with van der Waals surface area (Å²) in [5.74, 6) is 0.857. The summed E-state index contributed by atoms with van der Waals surface area (Å²) in [7, 11) is 1.68. The van der Waals surface area contributed by atoms with Crippen molar-refractivity contribution in [3.63, 3.8) is 0 Å². The molecule has 0 saturated heterocycles. The van der Waals surface area contributed by atoms with Crippen LogP contribution in [-0.2, 0) is 0 Å². The van der Waals surface area contributed by atoms with Gasteiger partial charge in [0.1, 0.15) is 5.75 Å². The molecule has 0 N–H and O–H groups in total. The molecule has 24 heavy (non-hydrogen) atoms. The van der Waals surface area contributed by atoms with Crippen molar-refractivity contribution in [1.29, 1.82) is 0 Å². The fourth-order valence-corrected chi connectivity index (χ4v) is 3.28. The normalized spacial score (nSPS) is 12.9. The molecule has 1 aromatic heterocycles. The Balaban J connectivity index is 2.49. The predicted octanol–water partition coefficient (Wildman–Crippen LogP) is 4.95. The van der Waals surface area contributed by atoms with Crippen LogP contribution in [0.2, 0.25) is 0 Å². The summed E-state index contributed by atoms with van der Waals surface area (Å²) in [6.45, 7) is 8.47. The fraction of sp³-hybridized carbons (Fsp3) is 0.474. The fourth-order valence-electron chi connectivity index (χ4n) is 2.32. The number of hydrogen-bond donors (Lipinski definition) is 0. The van der Waals surface area contributed by atoms with Crippen LogP contribution in [0.25, 0.3) is 11.3 Å². The molecule has 0 amide bonds. The molecule has 0 spiro atoms. The maximum Gasteiger partial charge on any atom is 0.206 e. The zero-order valence-electron chi connectivity index (χ0n) is 15.2. The Morgan fingerprint density at radius 2 is 1.96 bits per heavy atom. The minimum Gasteiger partial charge on any atom is -0.497 e. The molecular weight excluding hydrogens is 318 g/mol. The molecule has 0 saturated carbocycles. The second-order valence-corrected chi connectivity index (χ2v) is 6.94. The summed E-state index contributed by atoms with van der Waals surface area (Å²) in [5, 5.41) is 6.97. The molecule has 1 aromatic carbocycles. The smallest absolute Gasteiger partial charge is 0.206 e. The van der Waals surface area contributed by atoms with Crippen LogP contribution in [0.4, 0.5) is 0 Å². The Morgan fingerprint density at radius 3 is 2.54 bits per heavy atom. The largest absolute Gasteiger partial charge is 0.497 e. The summed E-state index contributed by atoms with van der Waals surface area (Å²) in [4.78, 5) is 5.66. The van der Waals surface area contributed by atoms with Crippen molar-refractivity contribution in [3.05, 3.63) is 34.4 Å². The highest BCUT2D eigenvalue weighted by Gasteiger charge is 2.09. The first-order valence-electron chi connectivity index (χ1n) is 8.48. The van der Waals surface area contributed by atoms with Gasteiger partial charge in [-0.1, -0.05) is 13.3 Å². The first kappa shape index (κ1) is 18.5. The zero-order valence-corrected chi connectivity index (χ0v) is 16.1. The highest BCUT2D eigenvalue weighted by molar-refractivity contribution is 7.07. The van der Waals surface area contributed by atoms with Crippen LogP contribution in [0.3, 0.4) is 0 Å². The summed E-state index contributed by atoms with van der Waals surface area (Å²) in [6.07, 6.45) is 3.35. The Morgan fingerprint density at radius 1 is 1.25 bits per heavy atom. The summed E-state index contributed by atoms with van der Waals surface area (Å²) < 4.78 is 7.24. The van der Waals surface area contributed by atoms with Crippen LogP contribution < -0.4 is 9.54 Å². The maximum absolute atomic E-state index is 5.25. The standard InChI is InChI=1S/C19H27N3OS/c1-6-7-8-15(4)21-22-18(13-24-19(22)20-14(2)3)16-9-11-17(23-5)12-10-16/h9-14H,6-8H2,1-5H3. The van der Waals surface area contributed by atoms with Crippen LogP contribution in [0.1, 0.15) is 47.0 Å². The Bertz CT molecular complexity index is 739. The Kier molecular flexibility index (Phi) is 6.79. The minimum atomic E-state index is 0.241. The van der Waals surface area contributed by atoms with Gasteiger partial charge in [0, 0.05) is 22.7 Å². The highest BCUT2D eigenvalue weighted by Crippen LogP contribution is 2.23. The van der Waals surface area contributed by atoms with Gasteiger partial charge in [-0.2, -0.15) is 5.10 Å². The third kappa shape index (κ3) is 4.81. The number of nitrogens with zero attached hydrogens (tertiary/aromatic N) is 3. The Hall–Kier alpha value is -1.88. The lowest BCUT2D eigenvalue weighted by atomic mass is 10.2. The van der Waals surface area contributed by atoms with E-state index in [1.165, 1.54) is 6.42 Å². The molecule has 0 aliphatic rings. The number of benzene rings is 1. The van der Waals surface area contributed by atoms with Crippen LogP contribution >= 0.6 is 11.3 Å². The lowest BCUT2D eigenvalue weighted by molar-refractivity contribution is 0.415. The van der Waals surface area contributed by atoms with Gasteiger partial charge in [-0.05, 0) is 57.9 Å². The maximum atomic E-state index is 5.25. The predicted molar refractivity (Wildman–Crippen MR) is 103 cm³/mol. The first-order valence-corrected chi connectivity index (χ1v) is 9.36. The van der Waals surface area contributed by atoms with E-state index in [0.717, 1.165) is 40.4 Å². The number of hydrogen-bond acceptors (Lipinski definition) is 4. The van der Waals surface area contributed by atoms with E-state index in [2.05, 4.69) is 45.2 Å². The van der Waals surface area contributed by atoms with E-state index >= 15 is 0 Å². The Labute approximate surface area is 148 Å². The molecule has 130 valence electrons. The SMILES string of the molecule is CCCCC(C)=Nn1c(-c2ccc(OC)cc2)csc1=NC(C)C. The van der Waals surface area contributed by atoms with Crippen LogP contribution in [0.5, 0.6) is 5.75 Å². The highest BCUT2D eigenvalue weighted by atomic mass is 32.1. The number of unbranched alkanes of at least 4 members (excludes halogenated alkanes) is 1. The molecule has 2 aromatic rings. The number of aromatic nitrogens is 1. The van der Waals surface area contributed by atoms with Crippen molar-refractivity contribution < 1.29 is 4.74 Å². The molecule has 0 radical (unpaired) electrons. The van der Waals surface area contributed by atoms with E-state index in [9.17, 15) is 0 Å². The molecule has 5 heteroatoms. The van der Waals surface area contributed by atoms with E-state index in [-0.39, 0.29) is 6.04 Å². The van der Waals surface area contributed by atoms with Crippen LogP contribution in [0.15, 0.2) is 39.7 Å². The van der Waals surface area contributed by atoms with E-state index in [4.69, 9.17) is 14.8 Å². The van der Waals surface area contributed by atoms with Crippen molar-refractivity contribution in [3.8, 4) is 17.0 Å². The van der Waals surface area contributed by atoms with E-state index in [1.54, 1.807) is 18.4 Å². The average molecular weight is 346 g/mol. The molecule has 0 bridgehead atoms. The van der Waals surface area contributed by atoms with Gasteiger partial charge >= 0.3 is 0 Å². The average Bonchev–Trinajstić information content (AvgIpc) is 2.95. The number of rotatable bonds is 7. The third-order valence-electron chi connectivity index (χ3n) is 3.60. The van der Waals surface area contributed by atoms with Gasteiger partial charge in [0.2, 0.25) is 4.80 Å². The van der Waals surface area contributed by atoms with Gasteiger partial charge in [-0.15, -0.1) is 11.3 Å². The minimum absolute atomic E-state index is 0.241. The van der Waals surface area contributed by atoms with Gasteiger partial charge in [0.25, 0.3) is 0 Å². The first-order chi connectivity index (χ1) is 11.5. The van der Waals surface area contributed by atoms with Gasteiger partial charge in [-0.25, -0.2) is 4.68 Å². The van der Waals surface area contributed by atoms with Gasteiger partial charge < -0.3 is 4.74 Å². The van der Waals surface area contributed by atoms with Crippen LogP contribution in [0, 0.1) is 0 Å². The second kappa shape index (κ2) is 8.83. The van der Waals surface area contributed by atoms with Crippen molar-refractivity contribution in [2.24, 2.45) is 10.1 Å². The molecule has 0 aliphatic carbocycles. The summed E-state index contributed by atoms with van der Waals surface area (Å²) >= 11 is 1.63. The third-order valence-corrected chi connectivity index (χ3v) is 4.43. The summed E-state index contributed by atoms with van der Waals surface area (Å²) in [5.41, 5.74) is 3.32. The van der Waals surface area contributed by atoms with E-state index in [0.29, 0.717) is 0 Å². The van der Waals surface area contributed by atoms with Crippen molar-refractivity contribution in [1.82, 2.24) is 4.68 Å². The number of methoxy groups -OCH3 is 1. The van der Waals surface area contributed by atoms with Gasteiger partial charge in [0.05, 0.1) is 12.8 Å². The van der Waals surface area contributed by atoms with Gasteiger partial charge in [0.15, 0.2) is 0 Å². The molecule has 0 atom stereocenters. The second-order valence-electron chi connectivity index (χ2n) is 6.11.